The molecule has 1 heterocycles. The SMILES string of the molecule is CCN(CC)c1cc(Nc2ccc(NS(=O)(=O)Cc3ccc(F)cc3)cc2)nc(C)n1. The van der Waals surface area contributed by atoms with Crippen molar-refractivity contribution in [2.45, 2.75) is 26.5 Å². The third-order valence-electron chi connectivity index (χ3n) is 4.61. The van der Waals surface area contributed by atoms with Gasteiger partial charge >= 0.3 is 0 Å². The zero-order chi connectivity index (χ0) is 22.4. The molecule has 0 saturated carbocycles. The fraction of sp³-hybridized carbons (Fsp3) is 0.273. The van der Waals surface area contributed by atoms with E-state index in [2.05, 4.69) is 38.8 Å². The maximum atomic E-state index is 13.0. The summed E-state index contributed by atoms with van der Waals surface area (Å²) in [5.41, 5.74) is 1.72. The van der Waals surface area contributed by atoms with Gasteiger partial charge in [0.2, 0.25) is 10.0 Å². The van der Waals surface area contributed by atoms with Crippen LogP contribution < -0.4 is 14.9 Å². The highest BCUT2D eigenvalue weighted by molar-refractivity contribution is 7.91. The lowest BCUT2D eigenvalue weighted by Gasteiger charge is -2.20. The molecule has 0 unspecified atom stereocenters. The van der Waals surface area contributed by atoms with Crippen molar-refractivity contribution >= 4 is 33.0 Å². The Labute approximate surface area is 182 Å². The lowest BCUT2D eigenvalue weighted by atomic mass is 10.2. The molecule has 0 aliphatic heterocycles. The number of rotatable bonds is 9. The van der Waals surface area contributed by atoms with Crippen molar-refractivity contribution < 1.29 is 12.8 Å². The van der Waals surface area contributed by atoms with Crippen LogP contribution in [0.15, 0.2) is 54.6 Å². The molecule has 164 valence electrons. The zero-order valence-corrected chi connectivity index (χ0v) is 18.6. The number of halogens is 1. The molecule has 0 aliphatic rings. The van der Waals surface area contributed by atoms with Crippen LogP contribution in [0.5, 0.6) is 0 Å². The van der Waals surface area contributed by atoms with Gasteiger partial charge in [0.25, 0.3) is 0 Å². The third-order valence-corrected chi connectivity index (χ3v) is 5.87. The van der Waals surface area contributed by atoms with Crippen molar-refractivity contribution in [3.8, 4) is 0 Å². The van der Waals surface area contributed by atoms with Crippen LogP contribution in [0.4, 0.5) is 27.4 Å². The minimum absolute atomic E-state index is 0.234. The average molecular weight is 444 g/mol. The van der Waals surface area contributed by atoms with Gasteiger partial charge in [0.1, 0.15) is 23.3 Å². The molecule has 2 aromatic carbocycles. The van der Waals surface area contributed by atoms with E-state index < -0.39 is 15.8 Å². The second-order valence-electron chi connectivity index (χ2n) is 7.02. The van der Waals surface area contributed by atoms with Crippen molar-refractivity contribution in [2.75, 3.05) is 28.0 Å². The Bertz CT molecular complexity index is 1120. The first kappa shape index (κ1) is 22.5. The fourth-order valence-electron chi connectivity index (χ4n) is 3.11. The van der Waals surface area contributed by atoms with E-state index in [1.54, 1.807) is 24.3 Å². The molecule has 9 heteroatoms. The summed E-state index contributed by atoms with van der Waals surface area (Å²) < 4.78 is 40.3. The van der Waals surface area contributed by atoms with Crippen LogP contribution in [0.1, 0.15) is 25.2 Å². The van der Waals surface area contributed by atoms with Gasteiger partial charge in [0, 0.05) is 30.5 Å². The van der Waals surface area contributed by atoms with Crippen molar-refractivity contribution in [1.29, 1.82) is 0 Å². The minimum atomic E-state index is -3.62. The molecule has 0 aliphatic carbocycles. The Morgan fingerprint density at radius 1 is 0.935 bits per heavy atom. The maximum absolute atomic E-state index is 13.0. The van der Waals surface area contributed by atoms with E-state index in [9.17, 15) is 12.8 Å². The van der Waals surface area contributed by atoms with Crippen LogP contribution in [-0.4, -0.2) is 31.5 Å². The van der Waals surface area contributed by atoms with E-state index in [-0.39, 0.29) is 5.75 Å². The zero-order valence-electron chi connectivity index (χ0n) is 17.8. The highest BCUT2D eigenvalue weighted by atomic mass is 32.2. The molecule has 3 aromatic rings. The van der Waals surface area contributed by atoms with Gasteiger partial charge in [-0.3, -0.25) is 4.72 Å². The summed E-state index contributed by atoms with van der Waals surface area (Å²) in [6.45, 7) is 7.68. The van der Waals surface area contributed by atoms with Crippen LogP contribution in [0, 0.1) is 12.7 Å². The summed E-state index contributed by atoms with van der Waals surface area (Å²) in [5, 5.41) is 3.23. The molecular weight excluding hydrogens is 417 g/mol. The molecule has 0 amide bonds. The first-order valence-electron chi connectivity index (χ1n) is 10.0. The molecule has 3 rings (SSSR count). The predicted molar refractivity (Wildman–Crippen MR) is 123 cm³/mol. The highest BCUT2D eigenvalue weighted by Gasteiger charge is 2.12. The number of sulfonamides is 1. The first-order chi connectivity index (χ1) is 14.8. The number of hydrogen-bond acceptors (Lipinski definition) is 6. The number of nitrogens with zero attached hydrogens (tertiary/aromatic N) is 3. The number of aromatic nitrogens is 2. The summed E-state index contributed by atoms with van der Waals surface area (Å²) in [6.07, 6.45) is 0. The molecule has 0 atom stereocenters. The largest absolute Gasteiger partial charge is 0.357 e. The van der Waals surface area contributed by atoms with E-state index >= 15 is 0 Å². The van der Waals surface area contributed by atoms with Crippen LogP contribution in [0.3, 0.4) is 0 Å². The predicted octanol–water partition coefficient (Wildman–Crippen LogP) is 4.46. The first-order valence-corrected chi connectivity index (χ1v) is 11.7. The Balaban J connectivity index is 1.68. The maximum Gasteiger partial charge on any atom is 0.236 e. The van der Waals surface area contributed by atoms with E-state index in [1.807, 2.05) is 13.0 Å². The molecule has 31 heavy (non-hydrogen) atoms. The smallest absolute Gasteiger partial charge is 0.236 e. The van der Waals surface area contributed by atoms with E-state index in [0.717, 1.165) is 24.6 Å². The van der Waals surface area contributed by atoms with Gasteiger partial charge in [-0.1, -0.05) is 12.1 Å². The molecule has 0 saturated heterocycles. The minimum Gasteiger partial charge on any atom is -0.357 e. The van der Waals surface area contributed by atoms with Crippen LogP contribution in [-0.2, 0) is 15.8 Å². The molecule has 2 N–H and O–H groups in total. The lowest BCUT2D eigenvalue weighted by molar-refractivity contribution is 0.600. The fourth-order valence-corrected chi connectivity index (χ4v) is 4.31. The van der Waals surface area contributed by atoms with Gasteiger partial charge < -0.3 is 10.2 Å². The van der Waals surface area contributed by atoms with Crippen molar-refractivity contribution in [3.63, 3.8) is 0 Å². The van der Waals surface area contributed by atoms with Gasteiger partial charge in [-0.25, -0.2) is 22.8 Å². The van der Waals surface area contributed by atoms with Crippen molar-refractivity contribution in [3.05, 3.63) is 71.8 Å². The standard InChI is InChI=1S/C22H26FN5O2S/c1-4-28(5-2)22-14-21(24-16(3)25-22)26-19-10-12-20(13-11-19)27-31(29,30)15-17-6-8-18(23)9-7-17/h6-14,27H,4-5,15H2,1-3H3,(H,24,25,26). The van der Waals surface area contributed by atoms with Crippen LogP contribution in [0.2, 0.25) is 0 Å². The summed E-state index contributed by atoms with van der Waals surface area (Å²) >= 11 is 0. The number of anilines is 4. The van der Waals surface area contributed by atoms with E-state index in [0.29, 0.717) is 22.9 Å². The van der Waals surface area contributed by atoms with Crippen LogP contribution >= 0.6 is 0 Å². The lowest BCUT2D eigenvalue weighted by Crippen LogP contribution is -2.23. The number of benzene rings is 2. The number of nitrogens with one attached hydrogen (secondary N) is 2. The van der Waals surface area contributed by atoms with E-state index in [1.165, 1.54) is 24.3 Å². The summed E-state index contributed by atoms with van der Waals surface area (Å²) in [5.74, 6) is 1.54. The van der Waals surface area contributed by atoms with Crippen molar-refractivity contribution in [1.82, 2.24) is 9.97 Å². The Hall–Kier alpha value is -3.20. The third kappa shape index (κ3) is 6.39. The molecule has 0 radical (unpaired) electrons. The molecule has 7 nitrogen and oxygen atoms in total. The monoisotopic (exact) mass is 443 g/mol. The van der Waals surface area contributed by atoms with Gasteiger partial charge in [-0.05, 0) is 62.7 Å². The summed E-state index contributed by atoms with van der Waals surface area (Å²) in [7, 11) is -3.62. The number of hydrogen-bond donors (Lipinski definition) is 2. The molecule has 0 bridgehead atoms. The molecule has 0 fully saturated rings. The van der Waals surface area contributed by atoms with Gasteiger partial charge in [0.05, 0.1) is 5.75 Å². The van der Waals surface area contributed by atoms with Gasteiger partial charge in [-0.2, -0.15) is 0 Å². The highest BCUT2D eigenvalue weighted by Crippen LogP contribution is 2.22. The molecule has 1 aromatic heterocycles. The van der Waals surface area contributed by atoms with Gasteiger partial charge in [-0.15, -0.1) is 0 Å². The van der Waals surface area contributed by atoms with Crippen LogP contribution in [0.25, 0.3) is 0 Å². The topological polar surface area (TPSA) is 87.2 Å². The molecular formula is C22H26FN5O2S. The van der Waals surface area contributed by atoms with Gasteiger partial charge in [0.15, 0.2) is 0 Å². The number of aryl methyl sites for hydroxylation is 1. The molecule has 0 spiro atoms. The summed E-state index contributed by atoms with van der Waals surface area (Å²) in [4.78, 5) is 11.1. The van der Waals surface area contributed by atoms with E-state index in [4.69, 9.17) is 0 Å². The summed E-state index contributed by atoms with van der Waals surface area (Å²) in [6, 6.07) is 14.2. The van der Waals surface area contributed by atoms with Crippen molar-refractivity contribution in [2.24, 2.45) is 0 Å². The second-order valence-corrected chi connectivity index (χ2v) is 8.74. The average Bonchev–Trinajstić information content (AvgIpc) is 2.71. The Morgan fingerprint density at radius 2 is 1.55 bits per heavy atom. The Kier molecular flexibility index (Phi) is 7.06. The normalized spacial score (nSPS) is 11.2. The second kappa shape index (κ2) is 9.74. The Morgan fingerprint density at radius 3 is 2.16 bits per heavy atom. The quantitative estimate of drug-likeness (QED) is 0.508.